The monoisotopic (exact) mass is 342 g/mol. The summed E-state index contributed by atoms with van der Waals surface area (Å²) in [6.45, 7) is 12.5. The van der Waals surface area contributed by atoms with Gasteiger partial charge >= 0.3 is 0 Å². The first-order valence-corrected chi connectivity index (χ1v) is 8.83. The quantitative estimate of drug-likeness (QED) is 0.596. The Morgan fingerprint density at radius 1 is 1.44 bits per heavy atom. The second-order valence-corrected chi connectivity index (χ2v) is 6.86. The summed E-state index contributed by atoms with van der Waals surface area (Å²) in [5.74, 6) is 1.75. The SMILES string of the molecule is C=CCn1c(C)cc(C(=O)CN2CCC[C@@H](c3nc(C)no3)C2)c1C. The molecule has 0 amide bonds. The molecule has 0 unspecified atom stereocenters. The summed E-state index contributed by atoms with van der Waals surface area (Å²) in [5.41, 5.74) is 2.93. The van der Waals surface area contributed by atoms with E-state index in [0.29, 0.717) is 18.3 Å². The van der Waals surface area contributed by atoms with Crippen LogP contribution in [0.4, 0.5) is 0 Å². The van der Waals surface area contributed by atoms with Gasteiger partial charge in [0.15, 0.2) is 11.6 Å². The number of hydrogen-bond acceptors (Lipinski definition) is 5. The maximum Gasteiger partial charge on any atom is 0.231 e. The molecule has 6 heteroatoms. The summed E-state index contributed by atoms with van der Waals surface area (Å²) in [6, 6.07) is 1.99. The van der Waals surface area contributed by atoms with Gasteiger partial charge in [0.1, 0.15) is 0 Å². The lowest BCUT2D eigenvalue weighted by molar-refractivity contribution is 0.0898. The molecule has 0 bridgehead atoms. The summed E-state index contributed by atoms with van der Waals surface area (Å²) in [6.07, 6.45) is 3.92. The van der Waals surface area contributed by atoms with Crippen molar-refractivity contribution in [3.05, 3.63) is 47.4 Å². The molecular formula is C19H26N4O2. The average Bonchev–Trinajstić information content (AvgIpc) is 3.14. The third-order valence-electron chi connectivity index (χ3n) is 4.95. The van der Waals surface area contributed by atoms with E-state index in [4.69, 9.17) is 4.52 Å². The van der Waals surface area contributed by atoms with Crippen LogP contribution in [0, 0.1) is 20.8 Å². The highest BCUT2D eigenvalue weighted by molar-refractivity contribution is 5.99. The lowest BCUT2D eigenvalue weighted by Gasteiger charge is -2.30. The molecule has 0 aromatic carbocycles. The molecule has 1 aliphatic heterocycles. The average molecular weight is 342 g/mol. The molecule has 2 aromatic rings. The fourth-order valence-corrected chi connectivity index (χ4v) is 3.66. The van der Waals surface area contributed by atoms with Crippen LogP contribution < -0.4 is 0 Å². The third kappa shape index (κ3) is 3.74. The minimum absolute atomic E-state index is 0.172. The van der Waals surface area contributed by atoms with Crippen LogP contribution in [0.1, 0.15) is 52.2 Å². The number of carbonyl (C=O) groups excluding carboxylic acids is 1. The lowest BCUT2D eigenvalue weighted by atomic mass is 9.97. The predicted octanol–water partition coefficient (Wildman–Crippen LogP) is 3.04. The Bertz CT molecular complexity index is 774. The van der Waals surface area contributed by atoms with E-state index in [0.717, 1.165) is 49.4 Å². The van der Waals surface area contributed by atoms with Crippen LogP contribution in [-0.4, -0.2) is 45.0 Å². The lowest BCUT2D eigenvalue weighted by Crippen LogP contribution is -2.38. The van der Waals surface area contributed by atoms with Gasteiger partial charge in [-0.3, -0.25) is 9.69 Å². The summed E-state index contributed by atoms with van der Waals surface area (Å²) in [7, 11) is 0. The maximum absolute atomic E-state index is 12.8. The molecule has 3 rings (SSSR count). The number of carbonyl (C=O) groups is 1. The van der Waals surface area contributed by atoms with Gasteiger partial charge in [0, 0.05) is 30.0 Å². The number of Topliss-reactive ketones (excluding diaryl/α,β-unsaturated/α-hetero) is 1. The van der Waals surface area contributed by atoms with Crippen molar-refractivity contribution in [1.82, 2.24) is 19.6 Å². The number of likely N-dealkylation sites (tertiary alicyclic amines) is 1. The van der Waals surface area contributed by atoms with Gasteiger partial charge in [-0.2, -0.15) is 4.98 Å². The first-order chi connectivity index (χ1) is 12.0. The van der Waals surface area contributed by atoms with Crippen LogP contribution in [0.3, 0.4) is 0 Å². The molecule has 0 aliphatic carbocycles. The van der Waals surface area contributed by atoms with E-state index in [2.05, 4.69) is 26.2 Å². The van der Waals surface area contributed by atoms with Crippen molar-refractivity contribution >= 4 is 5.78 Å². The number of rotatable bonds is 6. The molecule has 134 valence electrons. The number of piperidine rings is 1. The number of aryl methyl sites for hydroxylation is 2. The molecule has 0 radical (unpaired) electrons. The standard InChI is InChI=1S/C19H26N4O2/c1-5-8-23-13(2)10-17(14(23)3)18(24)12-22-9-6-7-16(11-22)19-20-15(4)21-25-19/h5,10,16H,1,6-9,11-12H2,2-4H3/t16-/m1/s1. The van der Waals surface area contributed by atoms with Gasteiger partial charge in [0.2, 0.25) is 5.89 Å². The highest BCUT2D eigenvalue weighted by atomic mass is 16.5. The largest absolute Gasteiger partial charge is 0.345 e. The van der Waals surface area contributed by atoms with Crippen molar-refractivity contribution in [2.75, 3.05) is 19.6 Å². The summed E-state index contributed by atoms with van der Waals surface area (Å²) in [5, 5.41) is 3.88. The van der Waals surface area contributed by atoms with Crippen LogP contribution in [0.5, 0.6) is 0 Å². The van der Waals surface area contributed by atoms with Crippen LogP contribution in [0.15, 0.2) is 23.2 Å². The zero-order chi connectivity index (χ0) is 18.0. The van der Waals surface area contributed by atoms with Crippen LogP contribution >= 0.6 is 0 Å². The van der Waals surface area contributed by atoms with Gasteiger partial charge < -0.3 is 9.09 Å². The van der Waals surface area contributed by atoms with Crippen LogP contribution in [0.2, 0.25) is 0 Å². The Morgan fingerprint density at radius 3 is 2.92 bits per heavy atom. The molecule has 1 atom stereocenters. The van der Waals surface area contributed by atoms with E-state index in [1.807, 2.05) is 32.9 Å². The molecule has 1 aliphatic rings. The Balaban J connectivity index is 1.68. The Morgan fingerprint density at radius 2 is 2.24 bits per heavy atom. The van der Waals surface area contributed by atoms with E-state index in [1.165, 1.54) is 0 Å². The molecule has 0 saturated carbocycles. The van der Waals surface area contributed by atoms with Crippen LogP contribution in [-0.2, 0) is 6.54 Å². The first kappa shape index (κ1) is 17.6. The normalized spacial score (nSPS) is 18.4. The Labute approximate surface area is 148 Å². The fraction of sp³-hybridized carbons (Fsp3) is 0.526. The summed E-state index contributed by atoms with van der Waals surface area (Å²) in [4.78, 5) is 19.4. The maximum atomic E-state index is 12.8. The van der Waals surface area contributed by atoms with Crippen molar-refractivity contribution in [3.8, 4) is 0 Å². The van der Waals surface area contributed by atoms with Gasteiger partial charge in [-0.05, 0) is 46.2 Å². The van der Waals surface area contributed by atoms with Crippen molar-refractivity contribution < 1.29 is 9.32 Å². The van der Waals surface area contributed by atoms with Gasteiger partial charge in [0.05, 0.1) is 12.5 Å². The smallest absolute Gasteiger partial charge is 0.231 e. The molecule has 3 heterocycles. The zero-order valence-corrected chi connectivity index (χ0v) is 15.3. The third-order valence-corrected chi connectivity index (χ3v) is 4.95. The topological polar surface area (TPSA) is 64.2 Å². The Kier molecular flexibility index (Phi) is 5.18. The van der Waals surface area contributed by atoms with Crippen molar-refractivity contribution in [2.45, 2.75) is 46.1 Å². The van der Waals surface area contributed by atoms with Gasteiger partial charge in [-0.25, -0.2) is 0 Å². The van der Waals surface area contributed by atoms with E-state index >= 15 is 0 Å². The van der Waals surface area contributed by atoms with Crippen molar-refractivity contribution in [3.63, 3.8) is 0 Å². The van der Waals surface area contributed by atoms with Gasteiger partial charge in [-0.15, -0.1) is 6.58 Å². The van der Waals surface area contributed by atoms with Gasteiger partial charge in [0.25, 0.3) is 0 Å². The second-order valence-electron chi connectivity index (χ2n) is 6.86. The second kappa shape index (κ2) is 7.35. The zero-order valence-electron chi connectivity index (χ0n) is 15.3. The highest BCUT2D eigenvalue weighted by Crippen LogP contribution is 2.26. The minimum Gasteiger partial charge on any atom is -0.345 e. The molecule has 0 N–H and O–H groups in total. The van der Waals surface area contributed by atoms with E-state index < -0.39 is 0 Å². The number of aromatic nitrogens is 3. The molecular weight excluding hydrogens is 316 g/mol. The molecule has 0 spiro atoms. The van der Waals surface area contributed by atoms with E-state index in [9.17, 15) is 4.79 Å². The molecule has 1 saturated heterocycles. The summed E-state index contributed by atoms with van der Waals surface area (Å²) >= 11 is 0. The first-order valence-electron chi connectivity index (χ1n) is 8.83. The van der Waals surface area contributed by atoms with E-state index in [-0.39, 0.29) is 11.7 Å². The number of ketones is 1. The molecule has 1 fully saturated rings. The number of hydrogen-bond donors (Lipinski definition) is 0. The number of allylic oxidation sites excluding steroid dienone is 1. The Hall–Kier alpha value is -2.21. The minimum atomic E-state index is 0.172. The molecule has 6 nitrogen and oxygen atoms in total. The predicted molar refractivity (Wildman–Crippen MR) is 95.9 cm³/mol. The number of nitrogens with zero attached hydrogens (tertiary/aromatic N) is 4. The van der Waals surface area contributed by atoms with E-state index in [1.54, 1.807) is 0 Å². The fourth-order valence-electron chi connectivity index (χ4n) is 3.66. The van der Waals surface area contributed by atoms with Gasteiger partial charge in [-0.1, -0.05) is 11.2 Å². The van der Waals surface area contributed by atoms with Crippen LogP contribution in [0.25, 0.3) is 0 Å². The van der Waals surface area contributed by atoms with Crippen molar-refractivity contribution in [1.29, 1.82) is 0 Å². The molecule has 2 aromatic heterocycles. The molecule has 25 heavy (non-hydrogen) atoms. The van der Waals surface area contributed by atoms with Crippen molar-refractivity contribution in [2.24, 2.45) is 0 Å². The highest BCUT2D eigenvalue weighted by Gasteiger charge is 2.27. The summed E-state index contributed by atoms with van der Waals surface area (Å²) < 4.78 is 7.45.